The van der Waals surface area contributed by atoms with Crippen molar-refractivity contribution in [3.8, 4) is 33.6 Å². The summed E-state index contributed by atoms with van der Waals surface area (Å²) >= 11 is -2.72. The van der Waals surface area contributed by atoms with E-state index in [1.165, 1.54) is 59.6 Å². The second-order valence-corrected chi connectivity index (χ2v) is 19.6. The molecule has 3 heteroatoms. The fourth-order valence-electron chi connectivity index (χ4n) is 6.38. The number of rotatable bonds is 2. The summed E-state index contributed by atoms with van der Waals surface area (Å²) < 4.78 is 5.16. The first-order chi connectivity index (χ1) is 17.9. The molecule has 0 N–H and O–H groups in total. The molecule has 1 aliphatic rings. The molecule has 6 aromatic rings. The molecule has 0 amide bonds. The zero-order valence-corrected chi connectivity index (χ0v) is 23.8. The van der Waals surface area contributed by atoms with Crippen LogP contribution in [0.4, 0.5) is 0 Å². The molecule has 178 valence electrons. The van der Waals surface area contributed by atoms with Crippen molar-refractivity contribution in [2.24, 2.45) is 7.05 Å². The Morgan fingerprint density at radius 3 is 2.19 bits per heavy atom. The predicted molar refractivity (Wildman–Crippen MR) is 158 cm³/mol. The van der Waals surface area contributed by atoms with Crippen LogP contribution >= 0.6 is 0 Å². The van der Waals surface area contributed by atoms with Crippen molar-refractivity contribution in [2.45, 2.75) is 18.4 Å². The van der Waals surface area contributed by atoms with Gasteiger partial charge in [-0.2, -0.15) is 0 Å². The molecular weight excluding hydrogens is 509 g/mol. The van der Waals surface area contributed by atoms with Crippen LogP contribution in [0.5, 0.6) is 0 Å². The summed E-state index contributed by atoms with van der Waals surface area (Å²) in [4.78, 5) is 5.51. The number of hydrogen-bond acceptors (Lipinski definition) is 1. The van der Waals surface area contributed by atoms with E-state index in [9.17, 15) is 0 Å². The Balaban J connectivity index is 1.48. The van der Waals surface area contributed by atoms with Gasteiger partial charge in [0, 0.05) is 0 Å². The third-order valence-corrected chi connectivity index (χ3v) is 15.2. The monoisotopic (exact) mass is 539 g/mol. The molecular formula is C34H29GeN2+. The van der Waals surface area contributed by atoms with Crippen molar-refractivity contribution in [1.82, 2.24) is 4.98 Å². The van der Waals surface area contributed by atoms with Gasteiger partial charge >= 0.3 is 221 Å². The minimum atomic E-state index is -2.72. The van der Waals surface area contributed by atoms with Gasteiger partial charge in [-0.3, -0.25) is 0 Å². The Morgan fingerprint density at radius 2 is 1.38 bits per heavy atom. The molecule has 2 aromatic heterocycles. The van der Waals surface area contributed by atoms with Crippen molar-refractivity contribution in [2.75, 3.05) is 0 Å². The molecule has 3 heterocycles. The van der Waals surface area contributed by atoms with E-state index in [1.54, 1.807) is 4.40 Å². The van der Waals surface area contributed by atoms with Crippen LogP contribution in [-0.2, 0) is 7.05 Å². The summed E-state index contributed by atoms with van der Waals surface area (Å²) in [5.74, 6) is 5.04. The normalized spacial score (nSPS) is 13.6. The summed E-state index contributed by atoms with van der Waals surface area (Å²) in [5.41, 5.74) is 9.03. The van der Waals surface area contributed by atoms with E-state index in [-0.39, 0.29) is 0 Å². The second kappa shape index (κ2) is 8.12. The number of benzene rings is 4. The van der Waals surface area contributed by atoms with Crippen LogP contribution in [0.3, 0.4) is 0 Å². The number of pyridine rings is 2. The van der Waals surface area contributed by atoms with Crippen LogP contribution in [0, 0.1) is 6.92 Å². The Kier molecular flexibility index (Phi) is 4.93. The van der Waals surface area contributed by atoms with Crippen LogP contribution < -0.4 is 13.5 Å². The molecule has 0 aliphatic carbocycles. The number of fused-ring (bicyclic) bond motifs is 6. The van der Waals surface area contributed by atoms with Crippen LogP contribution in [0.2, 0.25) is 11.5 Å². The van der Waals surface area contributed by atoms with Crippen molar-refractivity contribution >= 4 is 43.7 Å². The molecule has 1 aliphatic heterocycles. The number of aryl methyl sites for hydroxylation is 2. The first-order valence-corrected chi connectivity index (χ1v) is 19.3. The van der Waals surface area contributed by atoms with E-state index in [0.29, 0.717) is 0 Å². The van der Waals surface area contributed by atoms with Crippen molar-refractivity contribution in [3.05, 3.63) is 109 Å². The van der Waals surface area contributed by atoms with Gasteiger partial charge < -0.3 is 0 Å². The maximum atomic E-state index is 5.51. The number of aromatic nitrogens is 2. The van der Waals surface area contributed by atoms with Gasteiger partial charge in [0.15, 0.2) is 0 Å². The standard InChI is InChI=1S/C34H29GeN2/c1-22-16-17-27-28-18-19-30(29-21-23-11-5-6-12-24(23)25-13-7-8-14-26(25)29)36-34(28)35(2,3)33(27)32(22)31-15-9-10-20-37(31)4/h5-21H,1-4H3/q+1. The molecule has 0 unspecified atom stereocenters. The molecule has 0 saturated carbocycles. The van der Waals surface area contributed by atoms with Gasteiger partial charge in [-0.15, -0.1) is 0 Å². The van der Waals surface area contributed by atoms with Crippen molar-refractivity contribution in [1.29, 1.82) is 0 Å². The number of hydrogen-bond donors (Lipinski definition) is 0. The van der Waals surface area contributed by atoms with Crippen LogP contribution in [0.25, 0.3) is 55.2 Å². The molecule has 0 spiro atoms. The summed E-state index contributed by atoms with van der Waals surface area (Å²) in [6, 6.07) is 35.5. The molecule has 0 atom stereocenters. The van der Waals surface area contributed by atoms with E-state index >= 15 is 0 Å². The Labute approximate surface area is 220 Å². The Morgan fingerprint density at radius 1 is 0.676 bits per heavy atom. The van der Waals surface area contributed by atoms with Gasteiger partial charge in [0.1, 0.15) is 0 Å². The van der Waals surface area contributed by atoms with E-state index in [2.05, 4.69) is 133 Å². The van der Waals surface area contributed by atoms with Crippen LogP contribution in [0.15, 0.2) is 103 Å². The van der Waals surface area contributed by atoms with Gasteiger partial charge in [-0.25, -0.2) is 0 Å². The fourth-order valence-corrected chi connectivity index (χ4v) is 13.5. The summed E-state index contributed by atoms with van der Waals surface area (Å²) in [6.07, 6.45) is 2.15. The zero-order valence-electron chi connectivity index (χ0n) is 21.7. The zero-order chi connectivity index (χ0) is 25.3. The molecule has 0 bridgehead atoms. The van der Waals surface area contributed by atoms with Gasteiger partial charge in [0.25, 0.3) is 0 Å². The van der Waals surface area contributed by atoms with Gasteiger partial charge in [-0.05, 0) is 0 Å². The summed E-state index contributed by atoms with van der Waals surface area (Å²) in [7, 11) is 2.15. The third-order valence-electron chi connectivity index (χ3n) is 8.17. The van der Waals surface area contributed by atoms with Crippen molar-refractivity contribution in [3.63, 3.8) is 0 Å². The molecule has 4 aromatic carbocycles. The average Bonchev–Trinajstić information content (AvgIpc) is 3.15. The number of nitrogens with zero attached hydrogens (tertiary/aromatic N) is 2. The van der Waals surface area contributed by atoms with Gasteiger partial charge in [0.2, 0.25) is 0 Å². The average molecular weight is 538 g/mol. The molecule has 0 radical (unpaired) electrons. The summed E-state index contributed by atoms with van der Waals surface area (Å²) in [5, 5.41) is 5.11. The molecule has 0 fully saturated rings. The molecule has 7 rings (SSSR count). The van der Waals surface area contributed by atoms with E-state index in [4.69, 9.17) is 4.98 Å². The first-order valence-electron chi connectivity index (χ1n) is 13.0. The molecule has 2 nitrogen and oxygen atoms in total. The SMILES string of the molecule is Cc1ccc2[c](c1-c1cccc[n+]1C)[Ge]([CH3])([CH3])[c]1nc(-c3cc4ccccc4c4ccccc34)ccc1-2. The van der Waals surface area contributed by atoms with E-state index in [1.807, 2.05) is 0 Å². The van der Waals surface area contributed by atoms with Crippen LogP contribution in [0.1, 0.15) is 5.56 Å². The third kappa shape index (κ3) is 3.25. The first kappa shape index (κ1) is 22.4. The van der Waals surface area contributed by atoms with Gasteiger partial charge in [0.05, 0.1) is 0 Å². The maximum absolute atomic E-state index is 5.51. The summed E-state index contributed by atoms with van der Waals surface area (Å²) in [6.45, 7) is 2.25. The van der Waals surface area contributed by atoms with Gasteiger partial charge in [-0.1, -0.05) is 0 Å². The topological polar surface area (TPSA) is 16.8 Å². The Bertz CT molecular complexity index is 1880. The fraction of sp³-hybridized carbons (Fsp3) is 0.118. The second-order valence-electron chi connectivity index (χ2n) is 10.8. The Hall–Kier alpha value is -3.76. The van der Waals surface area contributed by atoms with E-state index in [0.717, 1.165) is 5.69 Å². The molecule has 0 saturated heterocycles. The van der Waals surface area contributed by atoms with E-state index < -0.39 is 13.3 Å². The minimum absolute atomic E-state index is 1.08. The quantitative estimate of drug-likeness (QED) is 0.137. The molecule has 37 heavy (non-hydrogen) atoms. The van der Waals surface area contributed by atoms with Crippen LogP contribution in [-0.4, -0.2) is 18.3 Å². The predicted octanol–water partition coefficient (Wildman–Crippen LogP) is 6.66. The van der Waals surface area contributed by atoms with Crippen molar-refractivity contribution < 1.29 is 4.57 Å².